The highest BCUT2D eigenvalue weighted by atomic mass is 35.5. The maximum Gasteiger partial charge on any atom is 0.260 e. The van der Waals surface area contributed by atoms with E-state index in [1.165, 1.54) is 0 Å². The minimum Gasteiger partial charge on any atom is -0.322 e. The van der Waals surface area contributed by atoms with E-state index in [4.69, 9.17) is 11.6 Å². The van der Waals surface area contributed by atoms with E-state index in [1.54, 1.807) is 29.2 Å². The average molecular weight is 417 g/mol. The van der Waals surface area contributed by atoms with Crippen LogP contribution in [0.1, 0.15) is 27.0 Å². The number of aryl methyl sites for hydroxylation is 2. The number of halogens is 1. The van der Waals surface area contributed by atoms with Gasteiger partial charge in [0, 0.05) is 16.8 Å². The minimum absolute atomic E-state index is 0.132. The first kappa shape index (κ1) is 19.9. The van der Waals surface area contributed by atoms with E-state index in [-0.39, 0.29) is 18.0 Å². The fourth-order valence-electron chi connectivity index (χ4n) is 3.43. The number of H-pyrrole nitrogens is 1. The molecule has 1 N–H and O–H groups in total. The second kappa shape index (κ2) is 8.17. The zero-order valence-electron chi connectivity index (χ0n) is 16.8. The maximum atomic E-state index is 13.5. The molecule has 0 radical (unpaired) electrons. The molecule has 0 unspecified atom stereocenters. The van der Waals surface area contributed by atoms with E-state index in [0.717, 1.165) is 27.7 Å². The van der Waals surface area contributed by atoms with Gasteiger partial charge in [0.05, 0.1) is 17.1 Å². The van der Waals surface area contributed by atoms with Crippen molar-refractivity contribution in [3.63, 3.8) is 0 Å². The number of aromatic nitrogens is 1. The smallest absolute Gasteiger partial charge is 0.260 e. The lowest BCUT2D eigenvalue weighted by Gasteiger charge is -2.24. The Morgan fingerprint density at radius 1 is 0.933 bits per heavy atom. The van der Waals surface area contributed by atoms with E-state index >= 15 is 0 Å². The number of carbonyl (C=O) groups excluding carboxylic acids is 1. The molecular weight excluding hydrogens is 396 g/mol. The van der Waals surface area contributed by atoms with Gasteiger partial charge in [-0.1, -0.05) is 48.0 Å². The number of aromatic amines is 1. The third-order valence-electron chi connectivity index (χ3n) is 5.31. The Kier molecular flexibility index (Phi) is 5.42. The predicted octanol–water partition coefficient (Wildman–Crippen LogP) is 5.65. The van der Waals surface area contributed by atoms with Crippen molar-refractivity contribution in [2.75, 3.05) is 4.90 Å². The van der Waals surface area contributed by atoms with Gasteiger partial charge in [-0.3, -0.25) is 9.59 Å². The van der Waals surface area contributed by atoms with Crippen LogP contribution in [-0.2, 0) is 6.54 Å². The van der Waals surface area contributed by atoms with Crippen molar-refractivity contribution in [1.82, 2.24) is 4.98 Å². The highest BCUT2D eigenvalue weighted by Gasteiger charge is 2.22. The number of hydrogen-bond donors (Lipinski definition) is 1. The molecule has 1 amide bonds. The van der Waals surface area contributed by atoms with Gasteiger partial charge in [0.2, 0.25) is 0 Å². The van der Waals surface area contributed by atoms with Crippen molar-refractivity contribution in [3.05, 3.63) is 110 Å². The second-order valence-corrected chi connectivity index (χ2v) is 7.76. The number of benzene rings is 3. The molecule has 4 rings (SSSR count). The fourth-order valence-corrected chi connectivity index (χ4v) is 3.65. The van der Waals surface area contributed by atoms with Crippen LogP contribution in [0.2, 0.25) is 5.02 Å². The average Bonchev–Trinajstić information content (AvgIpc) is 2.74. The molecule has 3 aromatic carbocycles. The molecule has 0 fully saturated rings. The number of rotatable bonds is 4. The largest absolute Gasteiger partial charge is 0.322 e. The molecule has 1 heterocycles. The van der Waals surface area contributed by atoms with Crippen LogP contribution in [0.5, 0.6) is 0 Å². The summed E-state index contributed by atoms with van der Waals surface area (Å²) in [5, 5.41) is 1.29. The van der Waals surface area contributed by atoms with Crippen LogP contribution < -0.4 is 10.5 Å². The molecular formula is C25H21ClN2O2. The van der Waals surface area contributed by atoms with Crippen molar-refractivity contribution in [2.45, 2.75) is 20.4 Å². The van der Waals surface area contributed by atoms with Crippen LogP contribution in [-0.4, -0.2) is 10.9 Å². The number of amides is 1. The predicted molar refractivity (Wildman–Crippen MR) is 122 cm³/mol. The van der Waals surface area contributed by atoms with Crippen molar-refractivity contribution < 1.29 is 4.79 Å². The van der Waals surface area contributed by atoms with Gasteiger partial charge in [-0.05, 0) is 66.8 Å². The summed E-state index contributed by atoms with van der Waals surface area (Å²) >= 11 is 6.30. The maximum absolute atomic E-state index is 13.5. The zero-order valence-corrected chi connectivity index (χ0v) is 17.5. The molecule has 0 spiro atoms. The number of carbonyl (C=O) groups is 1. The first-order valence-electron chi connectivity index (χ1n) is 9.68. The standard InChI is InChI=1S/C25H21ClN2O2/c1-16-11-12-20(13-17(16)2)28(25(30)21-8-4-5-9-22(21)26)15-19-14-18-7-3-6-10-23(18)27-24(19)29/h3-14H,15H2,1-2H3,(H,27,29). The van der Waals surface area contributed by atoms with E-state index in [1.807, 2.05) is 62.4 Å². The molecule has 0 aliphatic carbocycles. The van der Waals surface area contributed by atoms with Gasteiger partial charge in [-0.25, -0.2) is 0 Å². The molecule has 30 heavy (non-hydrogen) atoms. The van der Waals surface area contributed by atoms with Crippen molar-refractivity contribution in [3.8, 4) is 0 Å². The summed E-state index contributed by atoms with van der Waals surface area (Å²) in [5.41, 5.74) is 4.37. The monoisotopic (exact) mass is 416 g/mol. The van der Waals surface area contributed by atoms with Crippen LogP contribution in [0, 0.1) is 13.8 Å². The molecule has 5 heteroatoms. The Labute approximate surface area is 179 Å². The lowest BCUT2D eigenvalue weighted by molar-refractivity contribution is 0.0985. The normalized spacial score (nSPS) is 10.9. The van der Waals surface area contributed by atoms with E-state index in [2.05, 4.69) is 4.98 Å². The summed E-state index contributed by atoms with van der Waals surface area (Å²) in [6, 6.07) is 22.2. The lowest BCUT2D eigenvalue weighted by atomic mass is 10.1. The van der Waals surface area contributed by atoms with Crippen LogP contribution >= 0.6 is 11.6 Å². The topological polar surface area (TPSA) is 53.2 Å². The quantitative estimate of drug-likeness (QED) is 0.467. The number of nitrogens with zero attached hydrogens (tertiary/aromatic N) is 1. The molecule has 150 valence electrons. The minimum atomic E-state index is -0.253. The third-order valence-corrected chi connectivity index (χ3v) is 5.64. The van der Waals surface area contributed by atoms with Crippen LogP contribution in [0.15, 0.2) is 77.6 Å². The van der Waals surface area contributed by atoms with Gasteiger partial charge in [-0.2, -0.15) is 0 Å². The van der Waals surface area contributed by atoms with Crippen molar-refractivity contribution >= 4 is 34.1 Å². The lowest BCUT2D eigenvalue weighted by Crippen LogP contribution is -2.33. The summed E-state index contributed by atoms with van der Waals surface area (Å²) in [5.74, 6) is -0.253. The molecule has 0 atom stereocenters. The van der Waals surface area contributed by atoms with Gasteiger partial charge in [0.1, 0.15) is 0 Å². The van der Waals surface area contributed by atoms with Crippen LogP contribution in [0.25, 0.3) is 10.9 Å². The third kappa shape index (κ3) is 3.87. The fraction of sp³-hybridized carbons (Fsp3) is 0.120. The summed E-state index contributed by atoms with van der Waals surface area (Å²) in [6.45, 7) is 4.15. The van der Waals surface area contributed by atoms with Gasteiger partial charge >= 0.3 is 0 Å². The van der Waals surface area contributed by atoms with Crippen molar-refractivity contribution in [1.29, 1.82) is 0 Å². The number of nitrogens with one attached hydrogen (secondary N) is 1. The van der Waals surface area contributed by atoms with E-state index < -0.39 is 0 Å². The first-order chi connectivity index (χ1) is 14.4. The van der Waals surface area contributed by atoms with E-state index in [0.29, 0.717) is 16.1 Å². The van der Waals surface area contributed by atoms with Gasteiger partial charge < -0.3 is 9.88 Å². The van der Waals surface area contributed by atoms with Crippen molar-refractivity contribution in [2.24, 2.45) is 0 Å². The first-order valence-corrected chi connectivity index (χ1v) is 10.1. The molecule has 4 aromatic rings. The summed E-state index contributed by atoms with van der Waals surface area (Å²) in [6.07, 6.45) is 0. The Hall–Kier alpha value is -3.37. The molecule has 4 nitrogen and oxygen atoms in total. The van der Waals surface area contributed by atoms with Gasteiger partial charge in [0.15, 0.2) is 0 Å². The van der Waals surface area contributed by atoms with E-state index in [9.17, 15) is 9.59 Å². The Bertz CT molecular complexity index is 1310. The summed E-state index contributed by atoms with van der Waals surface area (Å²) < 4.78 is 0. The molecule has 1 aromatic heterocycles. The van der Waals surface area contributed by atoms with Crippen LogP contribution in [0.3, 0.4) is 0 Å². The van der Waals surface area contributed by atoms with Gasteiger partial charge in [-0.15, -0.1) is 0 Å². The second-order valence-electron chi connectivity index (χ2n) is 7.35. The van der Waals surface area contributed by atoms with Gasteiger partial charge in [0.25, 0.3) is 11.5 Å². The number of fused-ring (bicyclic) bond motifs is 1. The zero-order chi connectivity index (χ0) is 21.3. The molecule has 0 aliphatic heterocycles. The molecule has 0 bridgehead atoms. The molecule has 0 aliphatic rings. The highest BCUT2D eigenvalue weighted by molar-refractivity contribution is 6.34. The molecule has 0 saturated carbocycles. The number of para-hydroxylation sites is 1. The summed E-state index contributed by atoms with van der Waals surface area (Å²) in [7, 11) is 0. The summed E-state index contributed by atoms with van der Waals surface area (Å²) in [4.78, 5) is 30.7. The Balaban J connectivity index is 1.82. The molecule has 0 saturated heterocycles. The highest BCUT2D eigenvalue weighted by Crippen LogP contribution is 2.25. The number of pyridine rings is 1. The Morgan fingerprint density at radius 2 is 1.67 bits per heavy atom. The number of anilines is 1. The van der Waals surface area contributed by atoms with Crippen LogP contribution in [0.4, 0.5) is 5.69 Å². The Morgan fingerprint density at radius 3 is 2.43 bits per heavy atom. The SMILES string of the molecule is Cc1ccc(N(Cc2cc3ccccc3[nH]c2=O)C(=O)c2ccccc2Cl)cc1C. The number of hydrogen-bond acceptors (Lipinski definition) is 2.